The minimum absolute atomic E-state index is 0.0000231. The number of nitrogens with zero attached hydrogens (tertiary/aromatic N) is 3. The third-order valence-electron chi connectivity index (χ3n) is 4.13. The molecule has 0 radical (unpaired) electrons. The molecule has 1 aromatic rings. The van der Waals surface area contributed by atoms with Crippen LogP contribution in [0.15, 0.2) is 45.9 Å². The van der Waals surface area contributed by atoms with Gasteiger partial charge in [0.1, 0.15) is 11.6 Å². The highest BCUT2D eigenvalue weighted by Crippen LogP contribution is 2.39. The molecule has 0 saturated carbocycles. The van der Waals surface area contributed by atoms with Crippen LogP contribution in [-0.2, 0) is 14.3 Å². The number of esters is 1. The number of aliphatic hydroxyl groups excluding tert-OH is 1. The van der Waals surface area contributed by atoms with E-state index < -0.39 is 23.7 Å². The summed E-state index contributed by atoms with van der Waals surface area (Å²) in [6.07, 6.45) is 1.70. The number of cyclic esters (lactones) is 1. The molecule has 0 amide bonds. The number of hydrazone groups is 1. The molecule has 2 N–H and O–H groups in total. The molecule has 0 bridgehead atoms. The Morgan fingerprint density at radius 3 is 2.84 bits per heavy atom. The molecular formula is C17H18N4O4. The number of rotatable bonds is 1. The van der Waals surface area contributed by atoms with Gasteiger partial charge in [-0.15, -0.1) is 0 Å². The maximum atomic E-state index is 12.6. The largest absolute Gasteiger partial charge is 0.480 e. The lowest BCUT2D eigenvalue weighted by Gasteiger charge is -2.37. The summed E-state index contributed by atoms with van der Waals surface area (Å²) >= 11 is 0. The van der Waals surface area contributed by atoms with Gasteiger partial charge in [-0.3, -0.25) is 0 Å². The number of nitrogens with one attached hydrogen (secondary N) is 1. The quantitative estimate of drug-likeness (QED) is 0.750. The number of aliphatic hydroxyl groups is 1. The van der Waals surface area contributed by atoms with Crippen molar-refractivity contribution in [3.05, 3.63) is 46.9 Å². The number of guanidine groups is 1. The summed E-state index contributed by atoms with van der Waals surface area (Å²) < 4.78 is 10.7. The topological polar surface area (TPSA) is 95.8 Å². The minimum atomic E-state index is -1.23. The third-order valence-corrected chi connectivity index (χ3v) is 4.13. The van der Waals surface area contributed by atoms with E-state index >= 15 is 0 Å². The first kappa shape index (κ1) is 15.5. The Kier molecular flexibility index (Phi) is 3.41. The monoisotopic (exact) mass is 342 g/mol. The van der Waals surface area contributed by atoms with Crippen LogP contribution in [0.3, 0.4) is 0 Å². The van der Waals surface area contributed by atoms with Crippen LogP contribution in [0.5, 0.6) is 0 Å². The standard InChI is InChI=1S/C17H18N4O4/c1-17(2)24-14(22)12(15(23)25-17)13-11-6-4-3-5-10(11)9-20-21(13)16-18-7-8-19-16/h3-6,9,13,22H,7-8H2,1-2H3,(H,18,19). The zero-order chi connectivity index (χ0) is 17.6. The number of carbonyl (C=O) groups excluding carboxylic acids is 1. The molecule has 4 rings (SSSR count). The number of carbonyl (C=O) groups is 1. The molecule has 0 saturated heterocycles. The number of hydrogen-bond donors (Lipinski definition) is 2. The fraction of sp³-hybridized carbons (Fsp3) is 0.353. The molecule has 0 fully saturated rings. The van der Waals surface area contributed by atoms with E-state index in [1.807, 2.05) is 24.3 Å². The second-order valence-electron chi connectivity index (χ2n) is 6.36. The normalized spacial score (nSPS) is 24.2. The van der Waals surface area contributed by atoms with Gasteiger partial charge in [0, 0.05) is 26.0 Å². The van der Waals surface area contributed by atoms with Gasteiger partial charge >= 0.3 is 5.97 Å². The third kappa shape index (κ3) is 2.59. The molecule has 8 nitrogen and oxygen atoms in total. The second kappa shape index (κ2) is 5.51. The summed E-state index contributed by atoms with van der Waals surface area (Å²) in [6, 6.07) is 6.82. The van der Waals surface area contributed by atoms with E-state index in [0.29, 0.717) is 19.0 Å². The second-order valence-corrected chi connectivity index (χ2v) is 6.36. The van der Waals surface area contributed by atoms with Gasteiger partial charge in [-0.25, -0.2) is 14.8 Å². The first-order valence-corrected chi connectivity index (χ1v) is 8.02. The van der Waals surface area contributed by atoms with Crippen LogP contribution in [-0.4, -0.2) is 47.1 Å². The summed E-state index contributed by atoms with van der Waals surface area (Å²) in [5, 5.41) is 19.6. The predicted octanol–water partition coefficient (Wildman–Crippen LogP) is 1.42. The van der Waals surface area contributed by atoms with Crippen molar-refractivity contribution in [3.63, 3.8) is 0 Å². The van der Waals surface area contributed by atoms with Gasteiger partial charge in [0.15, 0.2) is 0 Å². The maximum Gasteiger partial charge on any atom is 0.347 e. The molecule has 3 heterocycles. The van der Waals surface area contributed by atoms with Crippen molar-refractivity contribution in [2.75, 3.05) is 13.1 Å². The van der Waals surface area contributed by atoms with Crippen LogP contribution in [0.25, 0.3) is 0 Å². The van der Waals surface area contributed by atoms with E-state index in [0.717, 1.165) is 11.1 Å². The van der Waals surface area contributed by atoms with E-state index in [-0.39, 0.29) is 5.57 Å². The smallest absolute Gasteiger partial charge is 0.347 e. The number of benzene rings is 1. The van der Waals surface area contributed by atoms with Crippen LogP contribution >= 0.6 is 0 Å². The molecule has 0 aromatic heterocycles. The Labute approximate surface area is 144 Å². The van der Waals surface area contributed by atoms with Crippen molar-refractivity contribution < 1.29 is 19.4 Å². The summed E-state index contributed by atoms with van der Waals surface area (Å²) in [6.45, 7) is 4.43. The minimum Gasteiger partial charge on any atom is -0.480 e. The summed E-state index contributed by atoms with van der Waals surface area (Å²) in [5.74, 6) is -1.79. The van der Waals surface area contributed by atoms with Crippen molar-refractivity contribution in [1.29, 1.82) is 0 Å². The number of ether oxygens (including phenoxy) is 2. The fourth-order valence-electron chi connectivity index (χ4n) is 3.10. The van der Waals surface area contributed by atoms with E-state index in [1.165, 1.54) is 0 Å². The molecule has 8 heteroatoms. The molecule has 1 aromatic carbocycles. The Morgan fingerprint density at radius 1 is 1.32 bits per heavy atom. The van der Waals surface area contributed by atoms with Gasteiger partial charge in [-0.2, -0.15) is 5.10 Å². The molecule has 0 aliphatic carbocycles. The molecule has 3 aliphatic heterocycles. The molecule has 3 aliphatic rings. The molecule has 0 spiro atoms. The van der Waals surface area contributed by atoms with E-state index in [1.54, 1.807) is 25.1 Å². The van der Waals surface area contributed by atoms with Crippen molar-refractivity contribution in [3.8, 4) is 0 Å². The average Bonchev–Trinajstić information content (AvgIpc) is 3.07. The van der Waals surface area contributed by atoms with Crippen molar-refractivity contribution in [2.24, 2.45) is 10.1 Å². The highest BCUT2D eigenvalue weighted by Gasteiger charge is 2.44. The van der Waals surface area contributed by atoms with Gasteiger partial charge in [0.2, 0.25) is 5.96 Å². The van der Waals surface area contributed by atoms with Crippen LogP contribution in [0.4, 0.5) is 0 Å². The molecule has 25 heavy (non-hydrogen) atoms. The highest BCUT2D eigenvalue weighted by molar-refractivity contribution is 5.95. The summed E-state index contributed by atoms with van der Waals surface area (Å²) in [4.78, 5) is 17.0. The average molecular weight is 342 g/mol. The first-order valence-electron chi connectivity index (χ1n) is 8.02. The first-order chi connectivity index (χ1) is 12.0. The zero-order valence-corrected chi connectivity index (χ0v) is 13.9. The van der Waals surface area contributed by atoms with Crippen molar-refractivity contribution >= 4 is 18.1 Å². The van der Waals surface area contributed by atoms with Crippen LogP contribution in [0.2, 0.25) is 0 Å². The summed E-state index contributed by atoms with van der Waals surface area (Å²) in [5.41, 5.74) is 1.65. The van der Waals surface area contributed by atoms with Crippen molar-refractivity contribution in [2.45, 2.75) is 25.7 Å². The molecule has 130 valence electrons. The van der Waals surface area contributed by atoms with E-state index in [9.17, 15) is 9.90 Å². The van der Waals surface area contributed by atoms with E-state index in [4.69, 9.17) is 9.47 Å². The predicted molar refractivity (Wildman–Crippen MR) is 89.8 cm³/mol. The Hall–Kier alpha value is -3.03. The SMILES string of the molecule is CC1(C)OC(=O)C(C2c3ccccc3C=NN2C2=NCCN2)=C(O)O1. The lowest BCUT2D eigenvalue weighted by atomic mass is 9.93. The summed E-state index contributed by atoms with van der Waals surface area (Å²) in [7, 11) is 0. The highest BCUT2D eigenvalue weighted by atomic mass is 16.8. The van der Waals surface area contributed by atoms with Gasteiger partial charge < -0.3 is 19.9 Å². The Bertz CT molecular complexity index is 828. The molecule has 1 atom stereocenters. The Morgan fingerprint density at radius 2 is 2.12 bits per heavy atom. The number of hydrogen-bond acceptors (Lipinski definition) is 8. The molecular weight excluding hydrogens is 324 g/mol. The van der Waals surface area contributed by atoms with E-state index in [2.05, 4.69) is 15.4 Å². The number of fused-ring (bicyclic) bond motifs is 1. The molecule has 1 unspecified atom stereocenters. The fourth-order valence-corrected chi connectivity index (χ4v) is 3.10. The van der Waals surface area contributed by atoms with Crippen LogP contribution in [0, 0.1) is 0 Å². The zero-order valence-electron chi connectivity index (χ0n) is 13.9. The lowest BCUT2D eigenvalue weighted by molar-refractivity contribution is -0.223. The van der Waals surface area contributed by atoms with Gasteiger partial charge in [-0.1, -0.05) is 24.3 Å². The Balaban J connectivity index is 1.86. The number of aliphatic imine (C=N–C) groups is 1. The van der Waals surface area contributed by atoms with Crippen molar-refractivity contribution in [1.82, 2.24) is 10.3 Å². The van der Waals surface area contributed by atoms with Gasteiger partial charge in [-0.05, 0) is 5.56 Å². The maximum absolute atomic E-state index is 12.6. The van der Waals surface area contributed by atoms with Crippen LogP contribution < -0.4 is 5.32 Å². The van der Waals surface area contributed by atoms with Gasteiger partial charge in [0.25, 0.3) is 11.7 Å². The van der Waals surface area contributed by atoms with Crippen LogP contribution in [0.1, 0.15) is 31.0 Å². The van der Waals surface area contributed by atoms with Gasteiger partial charge in [0.05, 0.1) is 12.8 Å². The lowest BCUT2D eigenvalue weighted by Crippen LogP contribution is -2.45.